The highest BCUT2D eigenvalue weighted by Crippen LogP contribution is 2.40. The number of esters is 2. The molecule has 0 spiro atoms. The van der Waals surface area contributed by atoms with E-state index in [1.807, 2.05) is 0 Å². The van der Waals surface area contributed by atoms with Crippen LogP contribution in [0.4, 0.5) is 28.2 Å². The van der Waals surface area contributed by atoms with Gasteiger partial charge in [0.15, 0.2) is 5.69 Å². The summed E-state index contributed by atoms with van der Waals surface area (Å²) in [6.07, 6.45) is -2.50. The van der Waals surface area contributed by atoms with Crippen molar-refractivity contribution < 1.29 is 50.9 Å². The number of anilines is 1. The van der Waals surface area contributed by atoms with Crippen molar-refractivity contribution in [3.05, 3.63) is 63.3 Å². The van der Waals surface area contributed by atoms with Gasteiger partial charge in [0.25, 0.3) is 0 Å². The topological polar surface area (TPSA) is 160 Å². The smallest absolute Gasteiger partial charge is 0.427 e. The molecule has 0 saturated heterocycles. The van der Waals surface area contributed by atoms with Gasteiger partial charge in [0, 0.05) is 60.6 Å². The lowest BCUT2D eigenvalue weighted by molar-refractivity contribution is -0.161. The third-order valence-corrected chi connectivity index (χ3v) is 8.12. The van der Waals surface area contributed by atoms with E-state index in [2.05, 4.69) is 20.6 Å². The molecule has 51 heavy (non-hydrogen) atoms. The highest BCUT2D eigenvalue weighted by molar-refractivity contribution is 7.13. The predicted octanol–water partition coefficient (Wildman–Crippen LogP) is 6.02. The average Bonchev–Trinajstić information content (AvgIpc) is 3.56. The second-order valence-corrected chi connectivity index (χ2v) is 12.9. The van der Waals surface area contributed by atoms with E-state index < -0.39 is 64.9 Å². The molecule has 0 atom stereocenters. The molecule has 0 aliphatic rings. The molecule has 4 aromatic rings. The summed E-state index contributed by atoms with van der Waals surface area (Å²) < 4.78 is 79.0. The summed E-state index contributed by atoms with van der Waals surface area (Å²) in [6, 6.07) is 2.05. The van der Waals surface area contributed by atoms with Crippen LogP contribution in [0.5, 0.6) is 0 Å². The number of hydrogen-bond donors (Lipinski definition) is 2. The molecule has 0 saturated carbocycles. The SMILES string of the molecule is CCNC(=O)Nc1cc(-c2nc(C(F)(F)F)cs2)c(-c2cc3c(=O)c(C(=O)OCOC(=O)C(C)(C)C)cn(C(COC)COC)c3cc2F)cn1. The first-order valence-electron chi connectivity index (χ1n) is 15.3. The van der Waals surface area contributed by atoms with Crippen LogP contribution in [0.3, 0.4) is 0 Å². The molecule has 13 nitrogen and oxygen atoms in total. The fourth-order valence-electron chi connectivity index (χ4n) is 4.81. The van der Waals surface area contributed by atoms with Crippen molar-refractivity contribution >= 4 is 46.0 Å². The molecule has 3 aromatic heterocycles. The summed E-state index contributed by atoms with van der Waals surface area (Å²) in [6.45, 7) is 5.95. The monoisotopic (exact) mass is 737 g/mol. The zero-order chi connectivity index (χ0) is 37.7. The lowest BCUT2D eigenvalue weighted by Gasteiger charge is -2.23. The van der Waals surface area contributed by atoms with Crippen LogP contribution in [0.15, 0.2) is 40.8 Å². The Morgan fingerprint density at radius 2 is 1.69 bits per heavy atom. The number of carbonyl (C=O) groups excluding carboxylic acids is 3. The number of benzene rings is 1. The largest absolute Gasteiger partial charge is 0.434 e. The highest BCUT2D eigenvalue weighted by Gasteiger charge is 2.34. The van der Waals surface area contributed by atoms with Gasteiger partial charge in [-0.3, -0.25) is 14.9 Å². The maximum absolute atomic E-state index is 16.2. The molecule has 2 N–H and O–H groups in total. The third kappa shape index (κ3) is 9.05. The van der Waals surface area contributed by atoms with Gasteiger partial charge in [0.05, 0.1) is 30.2 Å². The number of hydrogen-bond acceptors (Lipinski definition) is 11. The van der Waals surface area contributed by atoms with E-state index in [0.29, 0.717) is 11.3 Å². The molecule has 3 heterocycles. The summed E-state index contributed by atoms with van der Waals surface area (Å²) in [5.74, 6) is -2.80. The van der Waals surface area contributed by atoms with Crippen molar-refractivity contribution in [2.45, 2.75) is 39.9 Å². The van der Waals surface area contributed by atoms with E-state index in [9.17, 15) is 32.3 Å². The number of alkyl halides is 3. The van der Waals surface area contributed by atoms with E-state index in [-0.39, 0.29) is 58.2 Å². The minimum Gasteiger partial charge on any atom is -0.427 e. The normalized spacial score (nSPS) is 11.9. The third-order valence-electron chi connectivity index (χ3n) is 7.24. The number of nitrogens with one attached hydrogen (secondary N) is 2. The lowest BCUT2D eigenvalue weighted by atomic mass is 9.98. The Balaban J connectivity index is 1.94. The summed E-state index contributed by atoms with van der Waals surface area (Å²) in [5, 5.41) is 5.38. The number of halogens is 4. The first-order valence-corrected chi connectivity index (χ1v) is 16.2. The van der Waals surface area contributed by atoms with Crippen molar-refractivity contribution in [1.82, 2.24) is 19.9 Å². The van der Waals surface area contributed by atoms with Gasteiger partial charge in [-0.25, -0.2) is 23.9 Å². The molecule has 0 bridgehead atoms. The Hall–Kier alpha value is -4.94. The number of carbonyl (C=O) groups is 3. The van der Waals surface area contributed by atoms with Crippen molar-refractivity contribution in [2.24, 2.45) is 5.41 Å². The van der Waals surface area contributed by atoms with Crippen LogP contribution in [-0.4, -0.2) is 73.3 Å². The maximum Gasteiger partial charge on any atom is 0.434 e. The van der Waals surface area contributed by atoms with Gasteiger partial charge in [-0.15, -0.1) is 11.3 Å². The fourth-order valence-corrected chi connectivity index (χ4v) is 5.67. The number of thiazole rings is 1. The van der Waals surface area contributed by atoms with Crippen LogP contribution in [0.25, 0.3) is 32.6 Å². The second kappa shape index (κ2) is 15.9. The van der Waals surface area contributed by atoms with Gasteiger partial charge in [-0.05, 0) is 45.9 Å². The van der Waals surface area contributed by atoms with Gasteiger partial charge < -0.3 is 28.8 Å². The summed E-state index contributed by atoms with van der Waals surface area (Å²) >= 11 is 0.623. The lowest BCUT2D eigenvalue weighted by Crippen LogP contribution is -2.28. The van der Waals surface area contributed by atoms with Crippen molar-refractivity contribution in [1.29, 1.82) is 0 Å². The quantitative estimate of drug-likeness (QED) is 0.1000. The van der Waals surface area contributed by atoms with Crippen LogP contribution in [0.1, 0.15) is 49.8 Å². The van der Waals surface area contributed by atoms with Gasteiger partial charge in [0.2, 0.25) is 12.2 Å². The molecule has 4 rings (SSSR count). The average molecular weight is 738 g/mol. The van der Waals surface area contributed by atoms with Gasteiger partial charge in [0.1, 0.15) is 22.2 Å². The fraction of sp³-hybridized carbons (Fsp3) is 0.394. The van der Waals surface area contributed by atoms with Crippen LogP contribution in [0, 0.1) is 11.2 Å². The number of nitrogens with zero attached hydrogens (tertiary/aromatic N) is 3. The molecule has 1 aromatic carbocycles. The Kier molecular flexibility index (Phi) is 12.2. The molecule has 274 valence electrons. The van der Waals surface area contributed by atoms with E-state index in [0.717, 1.165) is 29.9 Å². The van der Waals surface area contributed by atoms with Gasteiger partial charge in [-0.1, -0.05) is 0 Å². The van der Waals surface area contributed by atoms with Crippen LogP contribution >= 0.6 is 11.3 Å². The van der Waals surface area contributed by atoms with E-state index in [1.54, 1.807) is 27.7 Å². The first-order chi connectivity index (χ1) is 24.0. The predicted molar refractivity (Wildman–Crippen MR) is 179 cm³/mol. The molecular formula is C33H35F4N5O8S. The van der Waals surface area contributed by atoms with E-state index in [1.165, 1.54) is 24.9 Å². The molecule has 0 unspecified atom stereocenters. The Morgan fingerprint density at radius 3 is 2.27 bits per heavy atom. The Bertz CT molecular complexity index is 1980. The van der Waals surface area contributed by atoms with Crippen LogP contribution in [0.2, 0.25) is 0 Å². The minimum atomic E-state index is -4.78. The highest BCUT2D eigenvalue weighted by atomic mass is 32.1. The molecule has 0 aliphatic carbocycles. The van der Waals surface area contributed by atoms with Crippen molar-refractivity contribution in [3.8, 4) is 21.7 Å². The maximum atomic E-state index is 16.2. The number of ether oxygens (including phenoxy) is 4. The zero-order valence-corrected chi connectivity index (χ0v) is 29.2. The van der Waals surface area contributed by atoms with Gasteiger partial charge in [-0.2, -0.15) is 13.2 Å². The second-order valence-electron chi connectivity index (χ2n) is 12.1. The van der Waals surface area contributed by atoms with Crippen molar-refractivity contribution in [2.75, 3.05) is 46.1 Å². The standard InChI is InChI=1S/C33H35F4N5O8S/c1-7-38-31(46)41-26-9-19(28-40-25(15-51-28)33(35,36)37)21(11-39-26)18-8-20-24(10-23(18)34)42(17(13-47-5)14-48-6)12-22(27(20)43)29(44)49-16-50-30(45)32(2,3)4/h8-12,15,17H,7,13-14,16H2,1-6H3,(H2,38,39,41,46). The molecule has 18 heteroatoms. The molecule has 2 amide bonds. The molecular weight excluding hydrogens is 702 g/mol. The number of rotatable bonds is 12. The summed E-state index contributed by atoms with van der Waals surface area (Å²) in [5.41, 5.74) is -3.84. The number of amides is 2. The Labute approximate surface area is 292 Å². The number of pyridine rings is 2. The minimum absolute atomic E-state index is 0.00654. The zero-order valence-electron chi connectivity index (χ0n) is 28.4. The molecule has 0 aliphatic heterocycles. The van der Waals surface area contributed by atoms with E-state index >= 15 is 4.39 Å². The summed E-state index contributed by atoms with van der Waals surface area (Å²) in [4.78, 5) is 59.4. The first kappa shape index (κ1) is 38.9. The van der Waals surface area contributed by atoms with Crippen LogP contribution < -0.4 is 16.1 Å². The molecule has 0 fully saturated rings. The summed E-state index contributed by atoms with van der Waals surface area (Å²) in [7, 11) is 2.82. The van der Waals surface area contributed by atoms with Crippen molar-refractivity contribution in [3.63, 3.8) is 0 Å². The number of methoxy groups -OCH3 is 2. The van der Waals surface area contributed by atoms with Crippen LogP contribution in [-0.2, 0) is 29.9 Å². The molecule has 0 radical (unpaired) electrons. The Morgan fingerprint density at radius 1 is 1.00 bits per heavy atom. The number of fused-ring (bicyclic) bond motifs is 1. The van der Waals surface area contributed by atoms with E-state index in [4.69, 9.17) is 18.9 Å². The van der Waals surface area contributed by atoms with Gasteiger partial charge >= 0.3 is 24.1 Å². The number of urea groups is 1. The number of aromatic nitrogens is 3.